The zero-order chi connectivity index (χ0) is 11.6. The maximum absolute atomic E-state index is 12.4. The summed E-state index contributed by atoms with van der Waals surface area (Å²) >= 11 is 11.2. The second-order valence-electron chi connectivity index (χ2n) is 2.68. The minimum atomic E-state index is -4.50. The van der Waals surface area contributed by atoms with E-state index in [-0.39, 0.29) is 15.6 Å². The first-order valence-electron chi connectivity index (χ1n) is 3.79. The summed E-state index contributed by atoms with van der Waals surface area (Å²) in [6.07, 6.45) is -4.50. The predicted molar refractivity (Wildman–Crippen MR) is 55.1 cm³/mol. The molecule has 5 heteroatoms. The zero-order valence-electron chi connectivity index (χ0n) is 7.33. The Morgan fingerprint density at radius 2 is 1.80 bits per heavy atom. The van der Waals surface area contributed by atoms with Crippen LogP contribution in [0.15, 0.2) is 30.5 Å². The number of benzene rings is 1. The van der Waals surface area contributed by atoms with E-state index in [4.69, 9.17) is 23.2 Å². The Kier molecular flexibility index (Phi) is 3.50. The molecule has 0 nitrogen and oxygen atoms in total. The molecule has 0 aliphatic carbocycles. The molecule has 0 radical (unpaired) electrons. The first kappa shape index (κ1) is 12.2. The topological polar surface area (TPSA) is 0 Å². The van der Waals surface area contributed by atoms with Crippen molar-refractivity contribution < 1.29 is 13.2 Å². The highest BCUT2D eigenvalue weighted by atomic mass is 35.5. The molecule has 1 aromatic rings. The number of hydrogen-bond acceptors (Lipinski definition) is 0. The average Bonchev–Trinajstić information content (AvgIpc) is 2.10. The fraction of sp³-hybridized carbons (Fsp3) is 0.100. The fourth-order valence-corrected chi connectivity index (χ4v) is 1.32. The standard InChI is InChI=1S/C10H5Cl2F3/c1-2-7(10(13,14)15)6-3-4-8(11)9(12)5-6/h3-5H,1H2. The molecule has 0 aromatic heterocycles. The van der Waals surface area contributed by atoms with Gasteiger partial charge >= 0.3 is 6.18 Å². The monoisotopic (exact) mass is 252 g/mol. The molecule has 0 saturated heterocycles. The van der Waals surface area contributed by atoms with Crippen molar-refractivity contribution in [2.45, 2.75) is 6.18 Å². The lowest BCUT2D eigenvalue weighted by molar-refractivity contribution is -0.0687. The summed E-state index contributed by atoms with van der Waals surface area (Å²) in [5, 5.41) is 0.261. The van der Waals surface area contributed by atoms with Crippen LogP contribution < -0.4 is 0 Å². The minimum absolute atomic E-state index is 0.0613. The summed E-state index contributed by atoms with van der Waals surface area (Å²) in [4.78, 5) is 0. The van der Waals surface area contributed by atoms with Crippen LogP contribution in [0.2, 0.25) is 10.0 Å². The fourth-order valence-electron chi connectivity index (χ4n) is 1.02. The molecular weight excluding hydrogens is 248 g/mol. The molecule has 1 rings (SSSR count). The molecule has 0 atom stereocenters. The van der Waals surface area contributed by atoms with Crippen molar-refractivity contribution in [1.82, 2.24) is 0 Å². The van der Waals surface area contributed by atoms with E-state index in [1.54, 1.807) is 0 Å². The van der Waals surface area contributed by atoms with E-state index in [0.29, 0.717) is 0 Å². The van der Waals surface area contributed by atoms with Crippen LogP contribution in [0.1, 0.15) is 5.56 Å². The summed E-state index contributed by atoms with van der Waals surface area (Å²) in [7, 11) is 0. The van der Waals surface area contributed by atoms with Gasteiger partial charge in [0.05, 0.1) is 10.0 Å². The first-order chi connectivity index (χ1) is 6.86. The van der Waals surface area contributed by atoms with Crippen LogP contribution in [0.4, 0.5) is 13.2 Å². The zero-order valence-corrected chi connectivity index (χ0v) is 8.84. The number of rotatable bonds is 1. The molecule has 0 heterocycles. The molecule has 0 fully saturated rings. The smallest absolute Gasteiger partial charge is 0.165 e. The molecule has 0 amide bonds. The number of hydrogen-bond donors (Lipinski definition) is 0. The van der Waals surface area contributed by atoms with Crippen molar-refractivity contribution in [1.29, 1.82) is 0 Å². The maximum Gasteiger partial charge on any atom is 0.424 e. The van der Waals surface area contributed by atoms with Crippen molar-refractivity contribution in [2.75, 3.05) is 0 Å². The van der Waals surface area contributed by atoms with E-state index in [1.807, 2.05) is 5.73 Å². The highest BCUT2D eigenvalue weighted by Gasteiger charge is 2.34. The highest BCUT2D eigenvalue weighted by Crippen LogP contribution is 2.35. The maximum atomic E-state index is 12.4. The number of allylic oxidation sites excluding steroid dienone is 1. The van der Waals surface area contributed by atoms with Crippen LogP contribution >= 0.6 is 23.2 Å². The molecule has 0 N–H and O–H groups in total. The van der Waals surface area contributed by atoms with Gasteiger partial charge in [-0.15, -0.1) is 5.73 Å². The number of halogens is 5. The molecule has 80 valence electrons. The summed E-state index contributed by atoms with van der Waals surface area (Å²) < 4.78 is 37.3. The summed E-state index contributed by atoms with van der Waals surface area (Å²) in [5.41, 5.74) is 0.783. The third-order valence-electron chi connectivity index (χ3n) is 1.67. The van der Waals surface area contributed by atoms with E-state index in [9.17, 15) is 13.2 Å². The quantitative estimate of drug-likeness (QED) is 0.635. The van der Waals surface area contributed by atoms with Gasteiger partial charge in [0.2, 0.25) is 0 Å². The molecule has 15 heavy (non-hydrogen) atoms. The summed E-state index contributed by atoms with van der Waals surface area (Å²) in [5.74, 6) is 0. The van der Waals surface area contributed by atoms with Crippen molar-refractivity contribution >= 4 is 28.8 Å². The Morgan fingerprint density at radius 3 is 2.20 bits per heavy atom. The van der Waals surface area contributed by atoms with Gasteiger partial charge in [-0.3, -0.25) is 0 Å². The predicted octanol–water partition coefficient (Wildman–Crippen LogP) is 4.72. The van der Waals surface area contributed by atoms with Crippen molar-refractivity contribution in [3.8, 4) is 0 Å². The van der Waals surface area contributed by atoms with E-state index in [1.165, 1.54) is 12.1 Å². The Bertz CT molecular complexity index is 429. The van der Waals surface area contributed by atoms with E-state index >= 15 is 0 Å². The third kappa shape index (κ3) is 2.78. The second-order valence-corrected chi connectivity index (χ2v) is 3.49. The Hall–Kier alpha value is -0.890. The van der Waals surface area contributed by atoms with Crippen LogP contribution in [-0.4, -0.2) is 6.18 Å². The molecule has 0 aliphatic heterocycles. The van der Waals surface area contributed by atoms with Crippen molar-refractivity contribution in [3.63, 3.8) is 0 Å². The molecule has 0 unspecified atom stereocenters. The Labute approximate surface area is 94.6 Å². The molecular formula is C10H5Cl2F3. The van der Waals surface area contributed by atoms with Crippen LogP contribution in [0.25, 0.3) is 5.57 Å². The summed E-state index contributed by atoms with van der Waals surface area (Å²) in [6.45, 7) is 3.00. The van der Waals surface area contributed by atoms with Crippen LogP contribution in [0.5, 0.6) is 0 Å². The lowest BCUT2D eigenvalue weighted by atomic mass is 10.1. The Balaban J connectivity index is 3.28. The second kappa shape index (κ2) is 4.31. The van der Waals surface area contributed by atoms with Crippen molar-refractivity contribution in [2.24, 2.45) is 0 Å². The lowest BCUT2D eigenvalue weighted by Crippen LogP contribution is -2.09. The molecule has 0 aliphatic rings. The third-order valence-corrected chi connectivity index (χ3v) is 2.41. The van der Waals surface area contributed by atoms with Gasteiger partial charge in [-0.2, -0.15) is 13.2 Å². The largest absolute Gasteiger partial charge is 0.424 e. The number of alkyl halides is 3. The SMILES string of the molecule is C=C=C(c1ccc(Cl)c(Cl)c1)C(F)(F)F. The highest BCUT2D eigenvalue weighted by molar-refractivity contribution is 6.42. The van der Waals surface area contributed by atoms with Gasteiger partial charge in [0.1, 0.15) is 5.57 Å². The van der Waals surface area contributed by atoms with Gasteiger partial charge in [0.25, 0.3) is 0 Å². The van der Waals surface area contributed by atoms with Gasteiger partial charge in [0.15, 0.2) is 0 Å². The van der Waals surface area contributed by atoms with E-state index < -0.39 is 11.7 Å². The molecule has 0 spiro atoms. The first-order valence-corrected chi connectivity index (χ1v) is 4.54. The van der Waals surface area contributed by atoms with Gasteiger partial charge in [-0.1, -0.05) is 35.8 Å². The average molecular weight is 253 g/mol. The van der Waals surface area contributed by atoms with Crippen LogP contribution in [0, 0.1) is 0 Å². The normalized spacial score (nSPS) is 11.0. The molecule has 0 saturated carbocycles. The molecule has 1 aromatic carbocycles. The van der Waals surface area contributed by atoms with Crippen molar-refractivity contribution in [3.05, 3.63) is 46.1 Å². The Morgan fingerprint density at radius 1 is 1.20 bits per heavy atom. The van der Waals surface area contributed by atoms with Gasteiger partial charge in [0, 0.05) is 0 Å². The lowest BCUT2D eigenvalue weighted by Gasteiger charge is -2.09. The van der Waals surface area contributed by atoms with Crippen LogP contribution in [-0.2, 0) is 0 Å². The summed E-state index contributed by atoms with van der Waals surface area (Å²) in [6, 6.07) is 3.64. The van der Waals surface area contributed by atoms with Crippen LogP contribution in [0.3, 0.4) is 0 Å². The minimum Gasteiger partial charge on any atom is -0.165 e. The van der Waals surface area contributed by atoms with Gasteiger partial charge in [-0.05, 0) is 17.7 Å². The van der Waals surface area contributed by atoms with E-state index in [0.717, 1.165) is 6.07 Å². The molecule has 0 bridgehead atoms. The van der Waals surface area contributed by atoms with Gasteiger partial charge in [-0.25, -0.2) is 0 Å². The van der Waals surface area contributed by atoms with Gasteiger partial charge < -0.3 is 0 Å². The van der Waals surface area contributed by atoms with E-state index in [2.05, 4.69) is 6.58 Å².